The molecular formula is C30H28N2O2. The molecule has 170 valence electrons. The molecule has 0 aliphatic heterocycles. The van der Waals surface area contributed by atoms with Gasteiger partial charge in [0.2, 0.25) is 0 Å². The number of ether oxygens (including phenoxy) is 1. The van der Waals surface area contributed by atoms with Crippen molar-refractivity contribution in [3.8, 4) is 28.7 Å². The molecule has 0 amide bonds. The van der Waals surface area contributed by atoms with Crippen molar-refractivity contribution in [3.05, 3.63) is 107 Å². The Bertz CT molecular complexity index is 1360. The molecule has 0 aliphatic carbocycles. The molecule has 34 heavy (non-hydrogen) atoms. The Hall–Kier alpha value is -4.10. The van der Waals surface area contributed by atoms with Gasteiger partial charge in [0.25, 0.3) is 0 Å². The maximum absolute atomic E-state index is 12.3. The maximum atomic E-state index is 12.3. The first kappa shape index (κ1) is 23.1. The molecule has 4 nitrogen and oxygen atoms in total. The van der Waals surface area contributed by atoms with Crippen molar-refractivity contribution in [2.75, 3.05) is 6.61 Å². The second-order valence-corrected chi connectivity index (χ2v) is 8.39. The van der Waals surface area contributed by atoms with Gasteiger partial charge in [-0.3, -0.25) is 0 Å². The number of carbonyl (C=O) groups excluding carboxylic acids is 1. The third-order valence-corrected chi connectivity index (χ3v) is 5.81. The van der Waals surface area contributed by atoms with Crippen molar-refractivity contribution in [2.24, 2.45) is 0 Å². The molecule has 0 N–H and O–H groups in total. The molecule has 0 radical (unpaired) electrons. The Balaban J connectivity index is 1.63. The topological polar surface area (TPSA) is 44.1 Å². The van der Waals surface area contributed by atoms with Crippen LogP contribution in [-0.2, 0) is 4.74 Å². The highest BCUT2D eigenvalue weighted by Gasteiger charge is 2.14. The summed E-state index contributed by atoms with van der Waals surface area (Å²) in [7, 11) is 0. The summed E-state index contributed by atoms with van der Waals surface area (Å²) in [4.78, 5) is 16.5. The van der Waals surface area contributed by atoms with Crippen LogP contribution in [-0.4, -0.2) is 22.1 Å². The molecule has 0 atom stereocenters. The van der Waals surface area contributed by atoms with Crippen LogP contribution < -0.4 is 0 Å². The van der Waals surface area contributed by atoms with Crippen LogP contribution in [0.3, 0.4) is 0 Å². The van der Waals surface area contributed by atoms with Crippen LogP contribution in [0.1, 0.15) is 59.3 Å². The molecular weight excluding hydrogens is 420 g/mol. The van der Waals surface area contributed by atoms with E-state index in [1.165, 1.54) is 11.1 Å². The molecule has 3 aromatic carbocycles. The van der Waals surface area contributed by atoms with E-state index in [-0.39, 0.29) is 5.97 Å². The number of benzene rings is 3. The predicted molar refractivity (Wildman–Crippen MR) is 136 cm³/mol. The normalized spacial score (nSPS) is 10.6. The molecule has 0 saturated carbocycles. The summed E-state index contributed by atoms with van der Waals surface area (Å²) in [5, 5.41) is 0. The number of hydrogen-bond donors (Lipinski definition) is 0. The van der Waals surface area contributed by atoms with Gasteiger partial charge in [0, 0.05) is 23.5 Å². The summed E-state index contributed by atoms with van der Waals surface area (Å²) < 4.78 is 7.25. The average molecular weight is 449 g/mol. The maximum Gasteiger partial charge on any atom is 0.338 e. The molecule has 0 bridgehead atoms. The van der Waals surface area contributed by atoms with Crippen molar-refractivity contribution in [3.63, 3.8) is 0 Å². The Morgan fingerprint density at radius 1 is 1.03 bits per heavy atom. The number of rotatable bonds is 5. The summed E-state index contributed by atoms with van der Waals surface area (Å²) in [5.41, 5.74) is 7.92. The SMILES string of the molecule is CCOC(=O)c1ccccc1-c1ccc(C#Cc2ccc(-n3ccnc3)c(C(C)C)c2C)cc1. The lowest BCUT2D eigenvalue weighted by Crippen LogP contribution is -2.06. The van der Waals surface area contributed by atoms with Gasteiger partial charge in [-0.1, -0.05) is 56.0 Å². The van der Waals surface area contributed by atoms with E-state index in [4.69, 9.17) is 4.74 Å². The summed E-state index contributed by atoms with van der Waals surface area (Å²) in [5.74, 6) is 6.70. The van der Waals surface area contributed by atoms with Gasteiger partial charge in [0.15, 0.2) is 0 Å². The Labute approximate surface area is 201 Å². The first-order chi connectivity index (χ1) is 16.5. The Morgan fingerprint density at radius 3 is 2.47 bits per heavy atom. The Morgan fingerprint density at radius 2 is 1.79 bits per heavy atom. The van der Waals surface area contributed by atoms with Crippen LogP contribution in [0, 0.1) is 18.8 Å². The molecule has 0 aliphatic rings. The second-order valence-electron chi connectivity index (χ2n) is 8.39. The van der Waals surface area contributed by atoms with Crippen molar-refractivity contribution >= 4 is 5.97 Å². The first-order valence-electron chi connectivity index (χ1n) is 11.5. The minimum atomic E-state index is -0.308. The van der Waals surface area contributed by atoms with Gasteiger partial charge in [0.05, 0.1) is 24.2 Å². The van der Waals surface area contributed by atoms with E-state index in [0.29, 0.717) is 18.1 Å². The number of esters is 1. The summed E-state index contributed by atoms with van der Waals surface area (Å²) in [6, 6.07) is 19.7. The number of nitrogens with zero attached hydrogens (tertiary/aromatic N) is 2. The third kappa shape index (κ3) is 4.79. The van der Waals surface area contributed by atoms with Crippen molar-refractivity contribution in [2.45, 2.75) is 33.6 Å². The van der Waals surface area contributed by atoms with Gasteiger partial charge in [-0.2, -0.15) is 0 Å². The van der Waals surface area contributed by atoms with E-state index in [1.54, 1.807) is 12.3 Å². The minimum Gasteiger partial charge on any atom is -0.462 e. The number of carbonyl (C=O) groups is 1. The predicted octanol–water partition coefficient (Wildman–Crippen LogP) is 6.55. The largest absolute Gasteiger partial charge is 0.462 e. The van der Waals surface area contributed by atoms with E-state index in [0.717, 1.165) is 27.9 Å². The number of hydrogen-bond acceptors (Lipinski definition) is 3. The first-order valence-corrected chi connectivity index (χ1v) is 11.5. The minimum absolute atomic E-state index is 0.308. The van der Waals surface area contributed by atoms with Gasteiger partial charge >= 0.3 is 5.97 Å². The van der Waals surface area contributed by atoms with Crippen LogP contribution in [0.25, 0.3) is 16.8 Å². The molecule has 0 unspecified atom stereocenters. The average Bonchev–Trinajstić information content (AvgIpc) is 3.38. The Kier molecular flexibility index (Phi) is 6.94. The van der Waals surface area contributed by atoms with Gasteiger partial charge in [0.1, 0.15) is 0 Å². The fourth-order valence-electron chi connectivity index (χ4n) is 4.20. The zero-order chi connectivity index (χ0) is 24.1. The van der Waals surface area contributed by atoms with Gasteiger partial charge in [-0.25, -0.2) is 9.78 Å². The fraction of sp³-hybridized carbons (Fsp3) is 0.200. The van der Waals surface area contributed by atoms with Gasteiger partial charge in [-0.05, 0) is 72.4 Å². The molecule has 4 aromatic rings. The van der Waals surface area contributed by atoms with Crippen LogP contribution in [0.5, 0.6) is 0 Å². The van der Waals surface area contributed by atoms with Gasteiger partial charge in [-0.15, -0.1) is 0 Å². The highest BCUT2D eigenvalue weighted by atomic mass is 16.5. The lowest BCUT2D eigenvalue weighted by Gasteiger charge is -2.17. The van der Waals surface area contributed by atoms with Crippen molar-refractivity contribution in [1.82, 2.24) is 9.55 Å². The van der Waals surface area contributed by atoms with E-state index < -0.39 is 0 Å². The quantitative estimate of drug-likeness (QED) is 0.257. The molecule has 0 saturated heterocycles. The highest BCUT2D eigenvalue weighted by molar-refractivity contribution is 5.97. The standard InChI is InChI=1S/C30H28N2O2/c1-5-34-30(33)27-9-7-6-8-26(27)25-14-11-23(12-15-25)10-13-24-16-17-28(32-19-18-31-20-32)29(21(2)3)22(24)4/h6-9,11-12,14-21H,5H2,1-4H3. The lowest BCUT2D eigenvalue weighted by atomic mass is 9.92. The molecule has 0 spiro atoms. The van der Waals surface area contributed by atoms with Crippen LogP contribution in [0.4, 0.5) is 0 Å². The monoisotopic (exact) mass is 448 g/mol. The summed E-state index contributed by atoms with van der Waals surface area (Å²) in [6.07, 6.45) is 5.59. The summed E-state index contributed by atoms with van der Waals surface area (Å²) in [6.45, 7) is 8.70. The third-order valence-electron chi connectivity index (χ3n) is 5.81. The van der Waals surface area contributed by atoms with Gasteiger partial charge < -0.3 is 9.30 Å². The second kappa shape index (κ2) is 10.2. The van der Waals surface area contributed by atoms with Crippen molar-refractivity contribution in [1.29, 1.82) is 0 Å². The van der Waals surface area contributed by atoms with Crippen LogP contribution in [0.15, 0.2) is 79.4 Å². The summed E-state index contributed by atoms with van der Waals surface area (Å²) >= 11 is 0. The van der Waals surface area contributed by atoms with Crippen molar-refractivity contribution < 1.29 is 9.53 Å². The molecule has 4 rings (SSSR count). The molecule has 1 heterocycles. The number of aromatic nitrogens is 2. The van der Waals surface area contributed by atoms with Crippen LogP contribution in [0.2, 0.25) is 0 Å². The van der Waals surface area contributed by atoms with E-state index in [1.807, 2.05) is 66.5 Å². The van der Waals surface area contributed by atoms with E-state index in [9.17, 15) is 4.79 Å². The molecule has 0 fully saturated rings. The van der Waals surface area contributed by atoms with E-state index in [2.05, 4.69) is 49.7 Å². The lowest BCUT2D eigenvalue weighted by molar-refractivity contribution is 0.0527. The van der Waals surface area contributed by atoms with E-state index >= 15 is 0 Å². The fourth-order valence-corrected chi connectivity index (χ4v) is 4.20. The van der Waals surface area contributed by atoms with Crippen LogP contribution >= 0.6 is 0 Å². The molecule has 1 aromatic heterocycles. The molecule has 4 heteroatoms. The highest BCUT2D eigenvalue weighted by Crippen LogP contribution is 2.29. The number of imidazole rings is 1. The zero-order valence-electron chi connectivity index (χ0n) is 20.0. The zero-order valence-corrected chi connectivity index (χ0v) is 20.0. The smallest absolute Gasteiger partial charge is 0.338 e.